The van der Waals surface area contributed by atoms with Crippen molar-refractivity contribution in [2.24, 2.45) is 0 Å². The SMILES string of the molecule is CCOC(=O)c1ccccc1NC(=O)CSc1nnc(NC(=O)c2snnc2C)s1. The molecule has 0 unspecified atom stereocenters. The van der Waals surface area contributed by atoms with E-state index in [-0.39, 0.29) is 29.7 Å². The van der Waals surface area contributed by atoms with Crippen molar-refractivity contribution in [3.05, 3.63) is 40.4 Å². The highest BCUT2D eigenvalue weighted by molar-refractivity contribution is 8.01. The van der Waals surface area contributed by atoms with Gasteiger partial charge in [-0.25, -0.2) is 4.79 Å². The minimum atomic E-state index is -0.503. The first-order valence-electron chi connectivity index (χ1n) is 8.60. The molecule has 2 heterocycles. The van der Waals surface area contributed by atoms with Crippen LogP contribution in [-0.4, -0.2) is 49.9 Å². The fraction of sp³-hybridized carbons (Fsp3) is 0.235. The predicted molar refractivity (Wildman–Crippen MR) is 114 cm³/mol. The van der Waals surface area contributed by atoms with Crippen molar-refractivity contribution in [1.29, 1.82) is 0 Å². The van der Waals surface area contributed by atoms with E-state index < -0.39 is 5.97 Å². The number of nitrogens with zero attached hydrogens (tertiary/aromatic N) is 4. The van der Waals surface area contributed by atoms with Crippen LogP contribution in [0.25, 0.3) is 0 Å². The molecule has 0 aliphatic heterocycles. The highest BCUT2D eigenvalue weighted by Gasteiger charge is 2.17. The summed E-state index contributed by atoms with van der Waals surface area (Å²) in [6, 6.07) is 6.62. The number of thioether (sulfide) groups is 1. The second-order valence-electron chi connectivity index (χ2n) is 5.62. The molecule has 10 nitrogen and oxygen atoms in total. The van der Waals surface area contributed by atoms with Gasteiger partial charge in [-0.1, -0.05) is 39.7 Å². The van der Waals surface area contributed by atoms with Crippen LogP contribution in [0.5, 0.6) is 0 Å². The Balaban J connectivity index is 1.54. The smallest absolute Gasteiger partial charge is 0.340 e. The quantitative estimate of drug-likeness (QED) is 0.293. The number of esters is 1. The van der Waals surface area contributed by atoms with Crippen molar-refractivity contribution in [1.82, 2.24) is 19.8 Å². The van der Waals surface area contributed by atoms with E-state index >= 15 is 0 Å². The van der Waals surface area contributed by atoms with Crippen LogP contribution in [0.4, 0.5) is 10.8 Å². The van der Waals surface area contributed by atoms with Crippen LogP contribution >= 0.6 is 34.6 Å². The largest absolute Gasteiger partial charge is 0.462 e. The van der Waals surface area contributed by atoms with Crippen LogP contribution in [-0.2, 0) is 9.53 Å². The summed E-state index contributed by atoms with van der Waals surface area (Å²) >= 11 is 3.31. The molecule has 156 valence electrons. The van der Waals surface area contributed by atoms with Gasteiger partial charge in [-0.15, -0.1) is 15.3 Å². The van der Waals surface area contributed by atoms with Crippen LogP contribution in [0.3, 0.4) is 0 Å². The minimum Gasteiger partial charge on any atom is -0.462 e. The van der Waals surface area contributed by atoms with E-state index in [0.717, 1.165) is 34.6 Å². The summed E-state index contributed by atoms with van der Waals surface area (Å²) in [4.78, 5) is 36.8. The zero-order chi connectivity index (χ0) is 21.5. The van der Waals surface area contributed by atoms with Gasteiger partial charge in [0.15, 0.2) is 4.34 Å². The number of carbonyl (C=O) groups excluding carboxylic acids is 3. The standard InChI is InChI=1S/C17H16N6O4S3/c1-3-27-15(26)10-6-4-5-7-11(10)18-12(24)8-28-17-22-21-16(29-17)19-14(25)13-9(2)20-23-30-13/h4-7H,3,8H2,1-2H3,(H,18,24)(H,19,21,25). The Morgan fingerprint density at radius 3 is 2.67 bits per heavy atom. The van der Waals surface area contributed by atoms with Gasteiger partial charge in [0, 0.05) is 0 Å². The van der Waals surface area contributed by atoms with Crippen LogP contribution in [0.15, 0.2) is 28.6 Å². The number of hydrogen-bond donors (Lipinski definition) is 2. The first kappa shape index (κ1) is 21.8. The van der Waals surface area contributed by atoms with Crippen molar-refractivity contribution < 1.29 is 19.1 Å². The molecule has 0 aliphatic carbocycles. The van der Waals surface area contributed by atoms with Crippen LogP contribution in [0.1, 0.15) is 32.6 Å². The number of aromatic nitrogens is 4. The van der Waals surface area contributed by atoms with E-state index in [4.69, 9.17) is 4.74 Å². The topological polar surface area (TPSA) is 136 Å². The molecule has 0 saturated heterocycles. The molecule has 0 aliphatic rings. The molecule has 0 spiro atoms. The Morgan fingerprint density at radius 2 is 1.93 bits per heavy atom. The average Bonchev–Trinajstić information content (AvgIpc) is 3.35. The van der Waals surface area contributed by atoms with Crippen molar-refractivity contribution in [3.8, 4) is 0 Å². The number of benzene rings is 1. The third-order valence-corrected chi connectivity index (χ3v) is 6.31. The number of nitrogens with one attached hydrogen (secondary N) is 2. The summed E-state index contributed by atoms with van der Waals surface area (Å²) in [5.74, 6) is -1.12. The normalized spacial score (nSPS) is 10.5. The molecule has 1 aromatic carbocycles. The first-order chi connectivity index (χ1) is 14.5. The third kappa shape index (κ3) is 5.58. The summed E-state index contributed by atoms with van der Waals surface area (Å²) in [5.41, 5.74) is 1.20. The van der Waals surface area contributed by atoms with Crippen molar-refractivity contribution in [2.75, 3.05) is 23.0 Å². The number of hydrogen-bond acceptors (Lipinski definition) is 11. The molecule has 2 N–H and O–H groups in total. The van der Waals surface area contributed by atoms with E-state index in [0.29, 0.717) is 25.7 Å². The number of anilines is 2. The summed E-state index contributed by atoms with van der Waals surface area (Å²) in [6.07, 6.45) is 0. The zero-order valence-electron chi connectivity index (χ0n) is 15.9. The number of ether oxygens (including phenoxy) is 1. The summed E-state index contributed by atoms with van der Waals surface area (Å²) in [7, 11) is 0. The fourth-order valence-corrected chi connectivity index (χ4v) is 4.30. The highest BCUT2D eigenvalue weighted by atomic mass is 32.2. The monoisotopic (exact) mass is 464 g/mol. The third-order valence-electron chi connectivity index (χ3n) is 3.51. The van der Waals surface area contributed by atoms with Crippen molar-refractivity contribution in [3.63, 3.8) is 0 Å². The first-order valence-corrected chi connectivity index (χ1v) is 11.2. The molecular formula is C17H16N6O4S3. The van der Waals surface area contributed by atoms with Gasteiger partial charge in [-0.3, -0.25) is 14.9 Å². The molecule has 0 bridgehead atoms. The van der Waals surface area contributed by atoms with Crippen LogP contribution in [0, 0.1) is 6.92 Å². The molecule has 30 heavy (non-hydrogen) atoms. The van der Waals surface area contributed by atoms with Crippen LogP contribution in [0.2, 0.25) is 0 Å². The van der Waals surface area contributed by atoms with Crippen molar-refractivity contribution >= 4 is 63.2 Å². The highest BCUT2D eigenvalue weighted by Crippen LogP contribution is 2.26. The Morgan fingerprint density at radius 1 is 1.13 bits per heavy atom. The average molecular weight is 465 g/mol. The number of carbonyl (C=O) groups is 3. The number of aryl methyl sites for hydroxylation is 1. The van der Waals surface area contributed by atoms with Gasteiger partial charge in [0.25, 0.3) is 5.91 Å². The molecule has 0 atom stereocenters. The lowest BCUT2D eigenvalue weighted by molar-refractivity contribution is -0.113. The van der Waals surface area contributed by atoms with Gasteiger partial charge in [-0.05, 0) is 37.5 Å². The van der Waals surface area contributed by atoms with E-state index in [9.17, 15) is 14.4 Å². The maximum Gasteiger partial charge on any atom is 0.340 e. The van der Waals surface area contributed by atoms with Crippen LogP contribution < -0.4 is 10.6 Å². The number of rotatable bonds is 8. The molecular weight excluding hydrogens is 448 g/mol. The Bertz CT molecular complexity index is 1070. The van der Waals surface area contributed by atoms with E-state index in [1.165, 1.54) is 0 Å². The molecule has 3 aromatic rings. The van der Waals surface area contributed by atoms with E-state index in [2.05, 4.69) is 30.4 Å². The van der Waals surface area contributed by atoms with E-state index in [1.54, 1.807) is 38.1 Å². The number of amides is 2. The Kier molecular flexibility index (Phi) is 7.43. The zero-order valence-corrected chi connectivity index (χ0v) is 18.3. The Hall–Kier alpha value is -2.90. The van der Waals surface area contributed by atoms with Gasteiger partial charge < -0.3 is 10.1 Å². The fourth-order valence-electron chi connectivity index (χ4n) is 2.20. The molecule has 0 saturated carbocycles. The lowest BCUT2D eigenvalue weighted by atomic mass is 10.2. The maximum absolute atomic E-state index is 12.3. The van der Waals surface area contributed by atoms with Gasteiger partial charge >= 0.3 is 5.97 Å². The molecule has 13 heteroatoms. The summed E-state index contributed by atoms with van der Waals surface area (Å²) in [6.45, 7) is 3.65. The summed E-state index contributed by atoms with van der Waals surface area (Å²) in [5, 5.41) is 17.3. The number of para-hydroxylation sites is 1. The van der Waals surface area contributed by atoms with Gasteiger partial charge in [0.1, 0.15) is 4.88 Å². The van der Waals surface area contributed by atoms with Gasteiger partial charge in [0.05, 0.1) is 29.3 Å². The molecule has 2 aromatic heterocycles. The predicted octanol–water partition coefficient (Wildman–Crippen LogP) is 2.86. The second kappa shape index (κ2) is 10.2. The Labute approximate surface area is 183 Å². The molecule has 0 radical (unpaired) electrons. The summed E-state index contributed by atoms with van der Waals surface area (Å²) < 4.78 is 9.23. The minimum absolute atomic E-state index is 0.0532. The molecule has 2 amide bonds. The molecule has 3 rings (SSSR count). The second-order valence-corrected chi connectivity index (χ2v) is 8.57. The lowest BCUT2D eigenvalue weighted by Gasteiger charge is -2.09. The molecule has 0 fully saturated rings. The van der Waals surface area contributed by atoms with Gasteiger partial charge in [-0.2, -0.15) is 0 Å². The lowest BCUT2D eigenvalue weighted by Crippen LogP contribution is -2.17. The maximum atomic E-state index is 12.3. The van der Waals surface area contributed by atoms with E-state index in [1.807, 2.05) is 0 Å². The van der Waals surface area contributed by atoms with Crippen molar-refractivity contribution in [2.45, 2.75) is 18.2 Å². The van der Waals surface area contributed by atoms with Gasteiger partial charge in [0.2, 0.25) is 11.0 Å².